The van der Waals surface area contributed by atoms with Crippen LogP contribution in [0.25, 0.3) is 0 Å². The molecule has 1 aliphatic rings. The van der Waals surface area contributed by atoms with E-state index in [-0.39, 0.29) is 0 Å². The molecule has 0 radical (unpaired) electrons. The molecule has 0 atom stereocenters. The van der Waals surface area contributed by atoms with E-state index in [1.165, 1.54) is 5.56 Å². The van der Waals surface area contributed by atoms with Crippen LogP contribution < -0.4 is 5.73 Å². The minimum Gasteiger partial charge on any atom is -0.379 e. The van der Waals surface area contributed by atoms with Gasteiger partial charge in [-0.25, -0.2) is 0 Å². The minimum absolute atomic E-state index is 0.415. The maximum atomic E-state index is 5.35. The van der Waals surface area contributed by atoms with Gasteiger partial charge in [-0.2, -0.15) is 0 Å². The first kappa shape index (κ1) is 11.5. The van der Waals surface area contributed by atoms with Crippen LogP contribution in [-0.2, 0) is 10.5 Å². The number of hydrogen-bond acceptors (Lipinski definition) is 3. The van der Waals surface area contributed by atoms with Gasteiger partial charge in [0.15, 0.2) is 0 Å². The van der Waals surface area contributed by atoms with Gasteiger partial charge in [0.05, 0.1) is 25.0 Å². The molecule has 1 fully saturated rings. The van der Waals surface area contributed by atoms with Crippen LogP contribution in [0.15, 0.2) is 24.3 Å². The summed E-state index contributed by atoms with van der Waals surface area (Å²) in [4.78, 5) is 0. The van der Waals surface area contributed by atoms with Crippen molar-refractivity contribution in [3.63, 3.8) is 0 Å². The van der Waals surface area contributed by atoms with Gasteiger partial charge in [-0.3, -0.25) is 0 Å². The highest BCUT2D eigenvalue weighted by Gasteiger charge is 2.18. The van der Waals surface area contributed by atoms with Crippen molar-refractivity contribution in [2.75, 3.05) is 19.8 Å². The van der Waals surface area contributed by atoms with Gasteiger partial charge in [0, 0.05) is 11.3 Å². The average Bonchev–Trinajstić information content (AvgIpc) is 2.25. The van der Waals surface area contributed by atoms with Gasteiger partial charge >= 0.3 is 0 Å². The van der Waals surface area contributed by atoms with E-state index < -0.39 is 0 Å². The van der Waals surface area contributed by atoms with Crippen LogP contribution in [0, 0.1) is 11.8 Å². The lowest BCUT2D eigenvalue weighted by Gasteiger charge is -2.25. The average molecular weight is 233 g/mol. The maximum Gasteiger partial charge on any atom is 0.0608 e. The molecule has 0 aromatic heterocycles. The van der Waals surface area contributed by atoms with E-state index in [9.17, 15) is 0 Å². The molecule has 0 aliphatic carbocycles. The fourth-order valence-corrected chi connectivity index (χ4v) is 2.41. The van der Waals surface area contributed by atoms with Crippen molar-refractivity contribution in [3.8, 4) is 11.8 Å². The molecule has 84 valence electrons. The Hall–Kier alpha value is -0.950. The second kappa shape index (κ2) is 5.95. The molecular weight excluding hydrogens is 218 g/mol. The van der Waals surface area contributed by atoms with Crippen LogP contribution in [0.2, 0.25) is 0 Å². The zero-order chi connectivity index (χ0) is 11.2. The van der Waals surface area contributed by atoms with Crippen LogP contribution >= 0.6 is 11.8 Å². The summed E-state index contributed by atoms with van der Waals surface area (Å²) in [6.45, 7) is 2.22. The van der Waals surface area contributed by atoms with Crippen molar-refractivity contribution >= 4 is 11.8 Å². The lowest BCUT2D eigenvalue weighted by Crippen LogP contribution is -2.30. The van der Waals surface area contributed by atoms with Crippen molar-refractivity contribution in [3.05, 3.63) is 35.4 Å². The molecular formula is C13H15NOS. The molecule has 0 bridgehead atoms. The zero-order valence-corrected chi connectivity index (χ0v) is 9.93. The molecule has 3 heteroatoms. The van der Waals surface area contributed by atoms with E-state index in [4.69, 9.17) is 10.5 Å². The molecule has 0 amide bonds. The lowest BCUT2D eigenvalue weighted by atomic mass is 10.1. The number of benzene rings is 1. The van der Waals surface area contributed by atoms with Crippen LogP contribution in [0.4, 0.5) is 0 Å². The fraction of sp³-hybridized carbons (Fsp3) is 0.385. The third-order valence-electron chi connectivity index (χ3n) is 2.35. The van der Waals surface area contributed by atoms with Gasteiger partial charge in [-0.1, -0.05) is 24.0 Å². The van der Waals surface area contributed by atoms with Gasteiger partial charge in [0.1, 0.15) is 0 Å². The Labute approximate surface area is 101 Å². The molecule has 0 spiro atoms. The van der Waals surface area contributed by atoms with Gasteiger partial charge in [-0.05, 0) is 17.7 Å². The van der Waals surface area contributed by atoms with Crippen molar-refractivity contribution in [2.24, 2.45) is 5.73 Å². The summed E-state index contributed by atoms with van der Waals surface area (Å²) in [7, 11) is 0. The molecule has 0 unspecified atom stereocenters. The molecule has 2 rings (SSSR count). The monoisotopic (exact) mass is 233 g/mol. The topological polar surface area (TPSA) is 35.2 Å². The summed E-state index contributed by atoms with van der Waals surface area (Å²) in [6, 6.07) is 8.34. The Kier molecular flexibility index (Phi) is 4.29. The van der Waals surface area contributed by atoms with Gasteiger partial charge in [0.2, 0.25) is 0 Å². The smallest absolute Gasteiger partial charge is 0.0608 e. The quantitative estimate of drug-likeness (QED) is 0.806. The highest BCUT2D eigenvalue weighted by atomic mass is 32.2. The first-order chi connectivity index (χ1) is 7.88. The molecule has 2 N–H and O–H groups in total. The molecule has 1 heterocycles. The number of ether oxygens (including phenoxy) is 1. The number of rotatable bonds is 3. The molecule has 2 nitrogen and oxygen atoms in total. The highest BCUT2D eigenvalue weighted by Crippen LogP contribution is 2.23. The second-order valence-electron chi connectivity index (χ2n) is 3.68. The third kappa shape index (κ3) is 3.28. The Balaban J connectivity index is 1.92. The van der Waals surface area contributed by atoms with Crippen LogP contribution in [0.1, 0.15) is 11.1 Å². The Morgan fingerprint density at radius 2 is 2.31 bits per heavy atom. The van der Waals surface area contributed by atoms with E-state index >= 15 is 0 Å². The van der Waals surface area contributed by atoms with Crippen molar-refractivity contribution in [2.45, 2.75) is 11.0 Å². The van der Waals surface area contributed by atoms with Crippen LogP contribution in [0.5, 0.6) is 0 Å². The molecule has 1 aromatic carbocycles. The molecule has 0 saturated carbocycles. The SMILES string of the molecule is NCC#Cc1cccc(CSC2COC2)c1. The standard InChI is InChI=1S/C13H15NOS/c14-6-2-5-11-3-1-4-12(7-11)10-16-13-8-15-9-13/h1,3-4,7,13H,6,8-10,14H2. The molecule has 1 aliphatic heterocycles. The van der Waals surface area contributed by atoms with Gasteiger partial charge in [-0.15, -0.1) is 11.8 Å². The van der Waals surface area contributed by atoms with E-state index in [0.29, 0.717) is 11.8 Å². The first-order valence-electron chi connectivity index (χ1n) is 5.35. The molecule has 1 saturated heterocycles. The number of thioether (sulfide) groups is 1. The van der Waals surface area contributed by atoms with Gasteiger partial charge in [0.25, 0.3) is 0 Å². The summed E-state index contributed by atoms with van der Waals surface area (Å²) in [5.74, 6) is 6.96. The fourth-order valence-electron chi connectivity index (χ4n) is 1.42. The summed E-state index contributed by atoms with van der Waals surface area (Å²) >= 11 is 1.95. The van der Waals surface area contributed by atoms with Crippen LogP contribution in [-0.4, -0.2) is 25.0 Å². The Morgan fingerprint density at radius 1 is 1.44 bits per heavy atom. The molecule has 1 aromatic rings. The molecule has 16 heavy (non-hydrogen) atoms. The summed E-state index contributed by atoms with van der Waals surface area (Å²) in [5.41, 5.74) is 7.72. The van der Waals surface area contributed by atoms with E-state index in [0.717, 1.165) is 24.5 Å². The number of nitrogens with two attached hydrogens (primary N) is 1. The van der Waals surface area contributed by atoms with Crippen molar-refractivity contribution in [1.82, 2.24) is 0 Å². The lowest BCUT2D eigenvalue weighted by molar-refractivity contribution is 0.0455. The number of hydrogen-bond donors (Lipinski definition) is 1. The van der Waals surface area contributed by atoms with Crippen molar-refractivity contribution < 1.29 is 4.74 Å². The predicted molar refractivity (Wildman–Crippen MR) is 68.3 cm³/mol. The first-order valence-corrected chi connectivity index (χ1v) is 6.40. The summed E-state index contributed by atoms with van der Waals surface area (Å²) in [6.07, 6.45) is 0. The van der Waals surface area contributed by atoms with E-state index in [2.05, 4.69) is 24.0 Å². The predicted octanol–water partition coefficient (Wildman–Crippen LogP) is 1.63. The summed E-state index contributed by atoms with van der Waals surface area (Å²) < 4.78 is 5.14. The summed E-state index contributed by atoms with van der Waals surface area (Å²) in [5, 5.41) is 0.679. The van der Waals surface area contributed by atoms with E-state index in [1.807, 2.05) is 23.9 Å². The maximum absolute atomic E-state index is 5.35. The Bertz CT molecular complexity index is 404. The largest absolute Gasteiger partial charge is 0.379 e. The van der Waals surface area contributed by atoms with Crippen LogP contribution in [0.3, 0.4) is 0 Å². The Morgan fingerprint density at radius 3 is 3.00 bits per heavy atom. The highest BCUT2D eigenvalue weighted by molar-refractivity contribution is 7.99. The second-order valence-corrected chi connectivity index (χ2v) is 4.97. The zero-order valence-electron chi connectivity index (χ0n) is 9.11. The normalized spacial score (nSPS) is 15.1. The third-order valence-corrected chi connectivity index (χ3v) is 3.60. The van der Waals surface area contributed by atoms with E-state index in [1.54, 1.807) is 0 Å². The van der Waals surface area contributed by atoms with Gasteiger partial charge < -0.3 is 10.5 Å². The van der Waals surface area contributed by atoms with Crippen molar-refractivity contribution in [1.29, 1.82) is 0 Å². The minimum atomic E-state index is 0.415.